The minimum absolute atomic E-state index is 0.284. The monoisotopic (exact) mass is 436 g/mol. The second kappa shape index (κ2) is 8.82. The van der Waals surface area contributed by atoms with Gasteiger partial charge in [0.15, 0.2) is 5.82 Å². The second-order valence-corrected chi connectivity index (χ2v) is 8.77. The van der Waals surface area contributed by atoms with Crippen LogP contribution in [0.25, 0.3) is 11.3 Å². The van der Waals surface area contributed by atoms with Crippen LogP contribution in [0, 0.1) is 5.82 Å². The predicted molar refractivity (Wildman–Crippen MR) is 123 cm³/mol. The molecule has 5 rings (SSSR count). The third-order valence-corrected chi connectivity index (χ3v) is 6.46. The average Bonchev–Trinajstić information content (AvgIpc) is 3.14. The molecule has 0 radical (unpaired) electrons. The summed E-state index contributed by atoms with van der Waals surface area (Å²) >= 11 is 0. The molecule has 32 heavy (non-hydrogen) atoms. The van der Waals surface area contributed by atoms with Crippen molar-refractivity contribution in [3.8, 4) is 11.3 Å². The lowest BCUT2D eigenvalue weighted by Gasteiger charge is -2.33. The van der Waals surface area contributed by atoms with Gasteiger partial charge in [-0.25, -0.2) is 19.3 Å². The Hall–Kier alpha value is -3.07. The number of rotatable bonds is 4. The number of hydrogen-bond acceptors (Lipinski definition) is 7. The molecular formula is C23H29FN8. The first-order valence-electron chi connectivity index (χ1n) is 11.3. The van der Waals surface area contributed by atoms with Crippen LogP contribution >= 0.6 is 0 Å². The van der Waals surface area contributed by atoms with Crippen molar-refractivity contribution in [2.24, 2.45) is 0 Å². The van der Waals surface area contributed by atoms with Gasteiger partial charge in [0.1, 0.15) is 11.5 Å². The Morgan fingerprint density at radius 3 is 2.62 bits per heavy atom. The number of fused-ring (bicyclic) bond motifs is 1. The Morgan fingerprint density at radius 1 is 1.00 bits per heavy atom. The van der Waals surface area contributed by atoms with Gasteiger partial charge >= 0.3 is 0 Å². The zero-order valence-corrected chi connectivity index (χ0v) is 18.6. The summed E-state index contributed by atoms with van der Waals surface area (Å²) in [5, 5.41) is 7.63. The van der Waals surface area contributed by atoms with E-state index in [1.54, 1.807) is 6.20 Å². The van der Waals surface area contributed by atoms with Crippen LogP contribution in [0.4, 0.5) is 21.8 Å². The summed E-state index contributed by atoms with van der Waals surface area (Å²) in [5.74, 6) is 0.816. The molecule has 3 aromatic heterocycles. The van der Waals surface area contributed by atoms with E-state index >= 15 is 0 Å². The Balaban J connectivity index is 1.37. The van der Waals surface area contributed by atoms with Crippen molar-refractivity contribution >= 4 is 17.5 Å². The Kier molecular flexibility index (Phi) is 5.73. The van der Waals surface area contributed by atoms with E-state index in [0.29, 0.717) is 17.7 Å². The minimum atomic E-state index is -0.443. The molecule has 0 aliphatic carbocycles. The highest BCUT2D eigenvalue weighted by Crippen LogP contribution is 2.34. The molecule has 168 valence electrons. The van der Waals surface area contributed by atoms with Crippen molar-refractivity contribution in [3.05, 3.63) is 42.2 Å². The van der Waals surface area contributed by atoms with Crippen molar-refractivity contribution in [1.82, 2.24) is 29.6 Å². The van der Waals surface area contributed by atoms with Crippen molar-refractivity contribution in [1.29, 1.82) is 0 Å². The fourth-order valence-electron chi connectivity index (χ4n) is 4.57. The van der Waals surface area contributed by atoms with E-state index in [9.17, 15) is 4.39 Å². The number of pyridine rings is 1. The summed E-state index contributed by atoms with van der Waals surface area (Å²) in [6, 6.07) is 3.96. The van der Waals surface area contributed by atoms with Crippen molar-refractivity contribution < 1.29 is 4.39 Å². The van der Waals surface area contributed by atoms with E-state index in [2.05, 4.69) is 49.1 Å². The molecule has 3 aromatic rings. The SMILES string of the molecule is C[C@H]1CCCCn2ncc(-c3nc(Nc4ccc(N5CCN(C)CC5)cn4)ncc3F)c21. The van der Waals surface area contributed by atoms with Crippen LogP contribution in [0.3, 0.4) is 0 Å². The minimum Gasteiger partial charge on any atom is -0.368 e. The molecule has 0 unspecified atom stereocenters. The van der Waals surface area contributed by atoms with Crippen LogP contribution in [0.15, 0.2) is 30.7 Å². The Labute approximate surface area is 187 Å². The summed E-state index contributed by atoms with van der Waals surface area (Å²) < 4.78 is 16.7. The van der Waals surface area contributed by atoms with Crippen LogP contribution in [-0.2, 0) is 6.54 Å². The Morgan fingerprint density at radius 2 is 1.84 bits per heavy atom. The molecular weight excluding hydrogens is 407 g/mol. The molecule has 8 nitrogen and oxygen atoms in total. The van der Waals surface area contributed by atoms with Gasteiger partial charge in [-0.1, -0.05) is 13.3 Å². The molecule has 2 aliphatic rings. The highest BCUT2D eigenvalue weighted by Gasteiger charge is 2.24. The topological polar surface area (TPSA) is 75.0 Å². The number of nitrogens with zero attached hydrogens (tertiary/aromatic N) is 7. The summed E-state index contributed by atoms with van der Waals surface area (Å²) in [6.07, 6.45) is 8.12. The van der Waals surface area contributed by atoms with Crippen molar-refractivity contribution in [3.63, 3.8) is 0 Å². The van der Waals surface area contributed by atoms with E-state index in [1.807, 2.05) is 23.0 Å². The van der Waals surface area contributed by atoms with Gasteiger partial charge in [0.2, 0.25) is 5.95 Å². The van der Waals surface area contributed by atoms with Gasteiger partial charge in [-0.2, -0.15) is 5.10 Å². The van der Waals surface area contributed by atoms with E-state index in [1.165, 1.54) is 6.20 Å². The predicted octanol–water partition coefficient (Wildman–Crippen LogP) is 3.66. The average molecular weight is 437 g/mol. The lowest BCUT2D eigenvalue weighted by molar-refractivity contribution is 0.313. The van der Waals surface area contributed by atoms with Crippen molar-refractivity contribution in [2.45, 2.75) is 38.6 Å². The summed E-state index contributed by atoms with van der Waals surface area (Å²) in [6.45, 7) is 7.11. The van der Waals surface area contributed by atoms with E-state index < -0.39 is 5.82 Å². The normalized spacial score (nSPS) is 19.5. The maximum Gasteiger partial charge on any atom is 0.229 e. The highest BCUT2D eigenvalue weighted by atomic mass is 19.1. The van der Waals surface area contributed by atoms with Gasteiger partial charge in [-0.05, 0) is 37.9 Å². The van der Waals surface area contributed by atoms with Crippen LogP contribution in [0.1, 0.15) is 37.8 Å². The summed E-state index contributed by atoms with van der Waals surface area (Å²) in [7, 11) is 2.14. The third-order valence-electron chi connectivity index (χ3n) is 6.46. The Bertz CT molecular complexity index is 1070. The van der Waals surface area contributed by atoms with E-state index in [4.69, 9.17) is 0 Å². The molecule has 1 atom stereocenters. The summed E-state index contributed by atoms with van der Waals surface area (Å²) in [4.78, 5) is 17.8. The first kappa shape index (κ1) is 20.8. The number of aryl methyl sites for hydroxylation is 1. The van der Waals surface area contributed by atoms with E-state index in [-0.39, 0.29) is 5.69 Å². The van der Waals surface area contributed by atoms with Crippen LogP contribution in [-0.4, -0.2) is 62.9 Å². The van der Waals surface area contributed by atoms with Crippen LogP contribution < -0.4 is 10.2 Å². The second-order valence-electron chi connectivity index (χ2n) is 8.77. The van der Waals surface area contributed by atoms with Gasteiger partial charge in [-0.15, -0.1) is 0 Å². The van der Waals surface area contributed by atoms with E-state index in [0.717, 1.165) is 68.9 Å². The zero-order valence-electron chi connectivity index (χ0n) is 18.6. The number of halogens is 1. The first-order valence-corrected chi connectivity index (χ1v) is 11.3. The molecule has 0 spiro atoms. The molecule has 0 bridgehead atoms. The lowest BCUT2D eigenvalue weighted by atomic mass is 9.97. The standard InChI is InChI=1S/C23H29FN8/c1-16-5-3-4-8-32-22(16)18(14-27-32)21-19(24)15-26-23(29-21)28-20-7-6-17(13-25-20)31-11-9-30(2)10-12-31/h6-7,13-16H,3-5,8-12H2,1-2H3,(H,25,26,28,29)/t16-/m0/s1. The zero-order chi connectivity index (χ0) is 22.1. The molecule has 1 fully saturated rings. The molecule has 9 heteroatoms. The smallest absolute Gasteiger partial charge is 0.229 e. The number of piperazine rings is 1. The highest BCUT2D eigenvalue weighted by molar-refractivity contribution is 5.65. The van der Waals surface area contributed by atoms with Crippen molar-refractivity contribution in [2.75, 3.05) is 43.4 Å². The molecule has 0 aromatic carbocycles. The fourth-order valence-corrected chi connectivity index (χ4v) is 4.57. The number of anilines is 3. The number of likely N-dealkylation sites (N-methyl/N-ethyl adjacent to an activating group) is 1. The fraction of sp³-hybridized carbons (Fsp3) is 0.478. The number of aromatic nitrogens is 5. The lowest BCUT2D eigenvalue weighted by Crippen LogP contribution is -2.44. The summed E-state index contributed by atoms with van der Waals surface area (Å²) in [5.41, 5.74) is 3.19. The van der Waals surface area contributed by atoms with Gasteiger partial charge in [0, 0.05) is 38.3 Å². The van der Waals surface area contributed by atoms with Gasteiger partial charge < -0.3 is 15.1 Å². The largest absolute Gasteiger partial charge is 0.368 e. The maximum atomic E-state index is 14.7. The van der Waals surface area contributed by atoms with Crippen LogP contribution in [0.5, 0.6) is 0 Å². The van der Waals surface area contributed by atoms with Gasteiger partial charge in [0.05, 0.1) is 30.0 Å². The molecule has 0 amide bonds. The van der Waals surface area contributed by atoms with Gasteiger partial charge in [-0.3, -0.25) is 4.68 Å². The number of hydrogen-bond donors (Lipinski definition) is 1. The molecule has 1 N–H and O–H groups in total. The first-order chi connectivity index (χ1) is 15.6. The maximum absolute atomic E-state index is 14.7. The molecule has 1 saturated heterocycles. The number of nitrogens with one attached hydrogen (secondary N) is 1. The van der Waals surface area contributed by atoms with Crippen LogP contribution in [0.2, 0.25) is 0 Å². The molecule has 0 saturated carbocycles. The molecule has 5 heterocycles. The molecule has 2 aliphatic heterocycles. The third kappa shape index (κ3) is 4.17. The quantitative estimate of drug-likeness (QED) is 0.669. The van der Waals surface area contributed by atoms with Gasteiger partial charge in [0.25, 0.3) is 0 Å².